The van der Waals surface area contributed by atoms with Crippen LogP contribution in [0.15, 0.2) is 47.4 Å². The van der Waals surface area contributed by atoms with Gasteiger partial charge in [0.2, 0.25) is 15.9 Å². The van der Waals surface area contributed by atoms with Gasteiger partial charge in [0.05, 0.1) is 4.90 Å². The Balaban J connectivity index is 1.75. The molecule has 0 N–H and O–H groups in total. The van der Waals surface area contributed by atoms with Crippen molar-refractivity contribution >= 4 is 33.2 Å². The van der Waals surface area contributed by atoms with Crippen molar-refractivity contribution in [3.05, 3.63) is 58.6 Å². The van der Waals surface area contributed by atoms with Crippen LogP contribution in [0.25, 0.3) is 0 Å². The number of rotatable bonds is 5. The van der Waals surface area contributed by atoms with E-state index >= 15 is 0 Å². The second-order valence-corrected chi connectivity index (χ2v) is 9.02. The van der Waals surface area contributed by atoms with Crippen LogP contribution in [0.4, 0.5) is 5.69 Å². The molecule has 0 unspecified atom stereocenters. The van der Waals surface area contributed by atoms with Gasteiger partial charge in [-0.3, -0.25) is 4.79 Å². The van der Waals surface area contributed by atoms with E-state index in [0.29, 0.717) is 30.8 Å². The van der Waals surface area contributed by atoms with Gasteiger partial charge in [-0.15, -0.1) is 0 Å². The minimum atomic E-state index is -3.47. The first kappa shape index (κ1) is 18.9. The molecule has 0 aliphatic carbocycles. The van der Waals surface area contributed by atoms with Crippen LogP contribution in [-0.4, -0.2) is 39.3 Å². The highest BCUT2D eigenvalue weighted by atomic mass is 35.5. The van der Waals surface area contributed by atoms with Crippen molar-refractivity contribution in [1.29, 1.82) is 0 Å². The van der Waals surface area contributed by atoms with E-state index in [1.807, 2.05) is 24.3 Å². The summed E-state index contributed by atoms with van der Waals surface area (Å²) in [5.74, 6) is 0.0203. The molecule has 0 radical (unpaired) electrons. The van der Waals surface area contributed by atoms with Crippen LogP contribution in [0.3, 0.4) is 0 Å². The average Bonchev–Trinajstić information content (AvgIpc) is 3.04. The van der Waals surface area contributed by atoms with Crippen LogP contribution in [0.5, 0.6) is 0 Å². The number of benzene rings is 2. The predicted molar refractivity (Wildman–Crippen MR) is 103 cm³/mol. The molecule has 1 amide bonds. The monoisotopic (exact) mass is 392 g/mol. The van der Waals surface area contributed by atoms with Gasteiger partial charge in [-0.05, 0) is 48.2 Å². The van der Waals surface area contributed by atoms with Crippen molar-refractivity contribution in [2.45, 2.75) is 24.2 Å². The van der Waals surface area contributed by atoms with Crippen LogP contribution >= 0.6 is 11.6 Å². The fraction of sp³-hybridized carbons (Fsp3) is 0.316. The van der Waals surface area contributed by atoms with Crippen molar-refractivity contribution in [2.24, 2.45) is 0 Å². The Labute approximate surface area is 159 Å². The molecule has 7 heteroatoms. The molecular formula is C19H21ClN2O3S. The fourth-order valence-corrected chi connectivity index (χ4v) is 4.27. The van der Waals surface area contributed by atoms with E-state index in [1.54, 1.807) is 23.1 Å². The molecule has 1 aliphatic heterocycles. The predicted octanol–water partition coefficient (Wildman–Crippen LogP) is 3.11. The SMILES string of the molecule is CN(C)S(=O)(=O)c1ccc2c(c1)CCN2C(=O)CCc1ccccc1Cl. The van der Waals surface area contributed by atoms with Crippen LogP contribution in [-0.2, 0) is 27.7 Å². The van der Waals surface area contributed by atoms with E-state index in [9.17, 15) is 13.2 Å². The third-order valence-corrected chi connectivity index (χ3v) is 6.77. The zero-order valence-electron chi connectivity index (χ0n) is 14.8. The number of nitrogens with zero attached hydrogens (tertiary/aromatic N) is 2. The standard InChI is InChI=1S/C19H21ClN2O3S/c1-21(2)26(24,25)16-8-9-18-15(13-16)11-12-22(18)19(23)10-7-14-5-3-4-6-17(14)20/h3-6,8-9,13H,7,10-12H2,1-2H3. The second kappa shape index (κ2) is 7.39. The van der Waals surface area contributed by atoms with Crippen molar-refractivity contribution < 1.29 is 13.2 Å². The maximum absolute atomic E-state index is 12.6. The molecule has 26 heavy (non-hydrogen) atoms. The summed E-state index contributed by atoms with van der Waals surface area (Å²) in [5, 5.41) is 0.667. The molecule has 138 valence electrons. The van der Waals surface area contributed by atoms with Crippen LogP contribution in [0.2, 0.25) is 5.02 Å². The summed E-state index contributed by atoms with van der Waals surface area (Å²) in [6.07, 6.45) is 1.60. The fourth-order valence-electron chi connectivity index (χ4n) is 3.09. The van der Waals surface area contributed by atoms with Crippen molar-refractivity contribution in [3.63, 3.8) is 0 Å². The molecule has 1 heterocycles. The van der Waals surface area contributed by atoms with Gasteiger partial charge in [0, 0.05) is 37.8 Å². The van der Waals surface area contributed by atoms with Crippen LogP contribution < -0.4 is 4.90 Å². The topological polar surface area (TPSA) is 57.7 Å². The number of halogens is 1. The van der Waals surface area contributed by atoms with E-state index in [2.05, 4.69) is 0 Å². The largest absolute Gasteiger partial charge is 0.312 e. The minimum Gasteiger partial charge on any atom is -0.312 e. The number of fused-ring (bicyclic) bond motifs is 1. The van der Waals surface area contributed by atoms with Gasteiger partial charge in [-0.25, -0.2) is 12.7 Å². The number of amides is 1. The van der Waals surface area contributed by atoms with Gasteiger partial charge >= 0.3 is 0 Å². The van der Waals surface area contributed by atoms with Gasteiger partial charge in [0.15, 0.2) is 0 Å². The zero-order chi connectivity index (χ0) is 18.9. The van der Waals surface area contributed by atoms with Gasteiger partial charge in [-0.1, -0.05) is 29.8 Å². The summed E-state index contributed by atoms with van der Waals surface area (Å²) >= 11 is 6.15. The number of carbonyl (C=O) groups is 1. The molecule has 0 bridgehead atoms. The molecule has 3 rings (SSSR count). The first-order valence-corrected chi connectivity index (χ1v) is 10.2. The summed E-state index contributed by atoms with van der Waals surface area (Å²) in [5.41, 5.74) is 2.64. The van der Waals surface area contributed by atoms with Gasteiger partial charge < -0.3 is 4.90 Å². The quantitative estimate of drug-likeness (QED) is 0.785. The Morgan fingerprint density at radius 1 is 1.19 bits per heavy atom. The minimum absolute atomic E-state index is 0.0203. The maximum Gasteiger partial charge on any atom is 0.242 e. The van der Waals surface area contributed by atoms with E-state index in [-0.39, 0.29) is 10.8 Å². The van der Waals surface area contributed by atoms with E-state index in [0.717, 1.165) is 16.8 Å². The highest BCUT2D eigenvalue weighted by molar-refractivity contribution is 7.89. The summed E-state index contributed by atoms with van der Waals surface area (Å²) in [6.45, 7) is 0.572. The Kier molecular flexibility index (Phi) is 5.37. The lowest BCUT2D eigenvalue weighted by molar-refractivity contribution is -0.118. The lowest BCUT2D eigenvalue weighted by Crippen LogP contribution is -2.29. The number of aryl methyl sites for hydroxylation is 1. The van der Waals surface area contributed by atoms with Crippen LogP contribution in [0, 0.1) is 0 Å². The molecule has 5 nitrogen and oxygen atoms in total. The third kappa shape index (κ3) is 3.63. The maximum atomic E-state index is 12.6. The van der Waals surface area contributed by atoms with Crippen molar-refractivity contribution in [3.8, 4) is 0 Å². The molecule has 0 atom stereocenters. The highest BCUT2D eigenvalue weighted by Crippen LogP contribution is 2.31. The average molecular weight is 393 g/mol. The van der Waals surface area contributed by atoms with Gasteiger partial charge in [0.1, 0.15) is 0 Å². The van der Waals surface area contributed by atoms with Gasteiger partial charge in [0.25, 0.3) is 0 Å². The lowest BCUT2D eigenvalue weighted by Gasteiger charge is -2.18. The number of hydrogen-bond acceptors (Lipinski definition) is 3. The number of anilines is 1. The van der Waals surface area contributed by atoms with Crippen molar-refractivity contribution in [2.75, 3.05) is 25.5 Å². The highest BCUT2D eigenvalue weighted by Gasteiger charge is 2.27. The second-order valence-electron chi connectivity index (χ2n) is 6.46. The molecular weight excluding hydrogens is 372 g/mol. The van der Waals surface area contributed by atoms with E-state index in [4.69, 9.17) is 11.6 Å². The zero-order valence-corrected chi connectivity index (χ0v) is 16.3. The summed E-state index contributed by atoms with van der Waals surface area (Å²) < 4.78 is 25.7. The summed E-state index contributed by atoms with van der Waals surface area (Å²) in [4.78, 5) is 14.6. The van der Waals surface area contributed by atoms with E-state index in [1.165, 1.54) is 18.4 Å². The smallest absolute Gasteiger partial charge is 0.242 e. The first-order valence-electron chi connectivity index (χ1n) is 8.40. The molecule has 2 aromatic rings. The third-order valence-electron chi connectivity index (χ3n) is 4.59. The first-order chi connectivity index (χ1) is 12.3. The summed E-state index contributed by atoms with van der Waals surface area (Å²) in [7, 11) is -0.458. The molecule has 0 spiro atoms. The molecule has 1 aliphatic rings. The number of carbonyl (C=O) groups excluding carboxylic acids is 1. The molecule has 2 aromatic carbocycles. The van der Waals surface area contributed by atoms with Crippen LogP contribution in [0.1, 0.15) is 17.5 Å². The molecule has 0 fully saturated rings. The Bertz CT molecular complexity index is 942. The Hall–Kier alpha value is -1.89. The van der Waals surface area contributed by atoms with Crippen molar-refractivity contribution in [1.82, 2.24) is 4.31 Å². The van der Waals surface area contributed by atoms with E-state index < -0.39 is 10.0 Å². The molecule has 0 aromatic heterocycles. The Morgan fingerprint density at radius 2 is 1.92 bits per heavy atom. The summed E-state index contributed by atoms with van der Waals surface area (Å²) in [6, 6.07) is 12.5. The normalized spacial score (nSPS) is 13.9. The van der Waals surface area contributed by atoms with Gasteiger partial charge in [-0.2, -0.15) is 0 Å². The lowest BCUT2D eigenvalue weighted by atomic mass is 10.1. The number of sulfonamides is 1. The number of hydrogen-bond donors (Lipinski definition) is 0. The molecule has 0 saturated carbocycles. The Morgan fingerprint density at radius 3 is 2.62 bits per heavy atom. The molecule has 0 saturated heterocycles.